The van der Waals surface area contributed by atoms with Gasteiger partial charge in [0.25, 0.3) is 0 Å². The molecule has 1 aliphatic rings. The van der Waals surface area contributed by atoms with Crippen LogP contribution < -0.4 is 15.5 Å². The van der Waals surface area contributed by atoms with Crippen molar-refractivity contribution in [3.05, 3.63) is 39.7 Å². The molecule has 0 spiro atoms. The Bertz CT molecular complexity index is 765. The predicted molar refractivity (Wildman–Crippen MR) is 115 cm³/mol. The fourth-order valence-corrected chi connectivity index (χ4v) is 3.85. The summed E-state index contributed by atoms with van der Waals surface area (Å²) >= 11 is 1.69. The van der Waals surface area contributed by atoms with Crippen LogP contribution in [0.4, 0.5) is 10.2 Å². The third kappa shape index (κ3) is 5.03. The molecule has 2 aromatic heterocycles. The van der Waals surface area contributed by atoms with E-state index < -0.39 is 0 Å². The van der Waals surface area contributed by atoms with Crippen LogP contribution in [0.15, 0.2) is 23.3 Å². The van der Waals surface area contributed by atoms with Gasteiger partial charge in [-0.05, 0) is 32.4 Å². The fraction of sp³-hybridized carbons (Fsp3) is 0.471. The van der Waals surface area contributed by atoms with Gasteiger partial charge in [-0.1, -0.05) is 0 Å². The molecule has 0 bridgehead atoms. The van der Waals surface area contributed by atoms with Crippen LogP contribution in [-0.4, -0.2) is 42.1 Å². The maximum atomic E-state index is 13.9. The van der Waals surface area contributed by atoms with Gasteiger partial charge in [0.2, 0.25) is 0 Å². The van der Waals surface area contributed by atoms with Gasteiger partial charge in [0.1, 0.15) is 0 Å². The fourth-order valence-electron chi connectivity index (χ4n) is 2.97. The molecule has 2 aromatic rings. The first-order valence-corrected chi connectivity index (χ1v) is 9.14. The summed E-state index contributed by atoms with van der Waals surface area (Å²) in [4.78, 5) is 16.1. The number of nitrogens with one attached hydrogen (secondary N) is 2. The molecule has 1 aliphatic heterocycles. The Morgan fingerprint density at radius 2 is 2.27 bits per heavy atom. The van der Waals surface area contributed by atoms with Crippen molar-refractivity contribution in [1.29, 1.82) is 0 Å². The van der Waals surface area contributed by atoms with Crippen molar-refractivity contribution in [1.82, 2.24) is 20.6 Å². The van der Waals surface area contributed by atoms with Crippen LogP contribution in [0.25, 0.3) is 0 Å². The summed E-state index contributed by atoms with van der Waals surface area (Å²) in [6.45, 7) is 6.20. The first kappa shape index (κ1) is 20.8. The standard InChI is InChI=1S/C17H23FN6S.HI/c1-11-15(25-12(2)22-11)9-21-17(19-3)23-13-6-8-24(10-13)16-14(18)5-4-7-20-16;/h4-5,7,13H,6,8-10H2,1-3H3,(H2,19,21,23);1H. The summed E-state index contributed by atoms with van der Waals surface area (Å²) < 4.78 is 13.9. The van der Waals surface area contributed by atoms with Gasteiger partial charge in [-0.2, -0.15) is 0 Å². The minimum absolute atomic E-state index is 0. The van der Waals surface area contributed by atoms with Crippen LogP contribution in [0.2, 0.25) is 0 Å². The first-order chi connectivity index (χ1) is 12.1. The number of nitrogens with zero attached hydrogens (tertiary/aromatic N) is 4. The molecule has 0 radical (unpaired) electrons. The lowest BCUT2D eigenvalue weighted by atomic mass is 10.3. The smallest absolute Gasteiger partial charge is 0.191 e. The Labute approximate surface area is 174 Å². The molecule has 9 heteroatoms. The lowest BCUT2D eigenvalue weighted by molar-refractivity contribution is 0.612. The van der Waals surface area contributed by atoms with Crippen molar-refractivity contribution in [2.45, 2.75) is 32.9 Å². The highest BCUT2D eigenvalue weighted by atomic mass is 127. The average Bonchev–Trinajstić information content (AvgIpc) is 3.18. The lowest BCUT2D eigenvalue weighted by Gasteiger charge is -2.19. The molecule has 0 saturated carbocycles. The highest BCUT2D eigenvalue weighted by Crippen LogP contribution is 2.21. The summed E-state index contributed by atoms with van der Waals surface area (Å²) in [5.41, 5.74) is 1.06. The lowest BCUT2D eigenvalue weighted by Crippen LogP contribution is -2.44. The molecule has 0 amide bonds. The highest BCUT2D eigenvalue weighted by molar-refractivity contribution is 14.0. The molecular weight excluding hydrogens is 466 g/mol. The quantitative estimate of drug-likeness (QED) is 0.392. The zero-order valence-corrected chi connectivity index (χ0v) is 18.3. The van der Waals surface area contributed by atoms with Gasteiger partial charge in [-0.3, -0.25) is 4.99 Å². The number of hydrogen-bond donors (Lipinski definition) is 2. The minimum Gasteiger partial charge on any atom is -0.352 e. The van der Waals surface area contributed by atoms with Crippen molar-refractivity contribution in [3.8, 4) is 0 Å². The van der Waals surface area contributed by atoms with Crippen LogP contribution in [-0.2, 0) is 6.54 Å². The molecule has 26 heavy (non-hydrogen) atoms. The molecule has 0 aliphatic carbocycles. The summed E-state index contributed by atoms with van der Waals surface area (Å²) in [7, 11) is 1.76. The number of rotatable bonds is 4. The monoisotopic (exact) mass is 490 g/mol. The number of aryl methyl sites for hydroxylation is 2. The molecule has 6 nitrogen and oxygen atoms in total. The second-order valence-electron chi connectivity index (χ2n) is 6.05. The van der Waals surface area contributed by atoms with E-state index in [0.717, 1.165) is 29.6 Å². The van der Waals surface area contributed by atoms with Crippen LogP contribution in [0.5, 0.6) is 0 Å². The van der Waals surface area contributed by atoms with E-state index in [2.05, 4.69) is 25.6 Å². The van der Waals surface area contributed by atoms with Crippen molar-refractivity contribution in [2.75, 3.05) is 25.0 Å². The van der Waals surface area contributed by atoms with Crippen molar-refractivity contribution < 1.29 is 4.39 Å². The van der Waals surface area contributed by atoms with Crippen molar-refractivity contribution in [2.24, 2.45) is 4.99 Å². The number of thiazole rings is 1. The largest absolute Gasteiger partial charge is 0.352 e. The minimum atomic E-state index is -0.276. The maximum Gasteiger partial charge on any atom is 0.191 e. The van der Waals surface area contributed by atoms with Crippen LogP contribution >= 0.6 is 35.3 Å². The van der Waals surface area contributed by atoms with Crippen LogP contribution in [0.1, 0.15) is 22.0 Å². The SMILES string of the molecule is CN=C(NCc1sc(C)nc1C)NC1CCN(c2ncccc2F)C1.I. The molecule has 0 aromatic carbocycles. The van der Waals surface area contributed by atoms with Crippen LogP contribution in [0, 0.1) is 19.7 Å². The van der Waals surface area contributed by atoms with E-state index in [9.17, 15) is 4.39 Å². The zero-order valence-electron chi connectivity index (χ0n) is 15.1. The van der Waals surface area contributed by atoms with E-state index in [4.69, 9.17) is 0 Å². The number of halogens is 2. The molecule has 3 rings (SSSR count). The number of anilines is 1. The van der Waals surface area contributed by atoms with E-state index in [1.807, 2.05) is 18.7 Å². The number of hydrogen-bond acceptors (Lipinski definition) is 5. The summed E-state index contributed by atoms with van der Waals surface area (Å²) in [5, 5.41) is 7.82. The van der Waals surface area contributed by atoms with Crippen LogP contribution in [0.3, 0.4) is 0 Å². The topological polar surface area (TPSA) is 65.4 Å². The Kier molecular flexibility index (Phi) is 7.56. The molecular formula is C17H24FIN6S. The number of pyridine rings is 1. The molecule has 1 fully saturated rings. The molecule has 1 saturated heterocycles. The summed E-state index contributed by atoms with van der Waals surface area (Å²) in [5.74, 6) is 0.894. The maximum absolute atomic E-state index is 13.9. The highest BCUT2D eigenvalue weighted by Gasteiger charge is 2.25. The Morgan fingerprint density at radius 1 is 1.46 bits per heavy atom. The number of aromatic nitrogens is 2. The average molecular weight is 490 g/mol. The van der Waals surface area contributed by atoms with E-state index >= 15 is 0 Å². The first-order valence-electron chi connectivity index (χ1n) is 8.32. The van der Waals surface area contributed by atoms with Gasteiger partial charge in [-0.25, -0.2) is 14.4 Å². The van der Waals surface area contributed by atoms with Gasteiger partial charge in [0.05, 0.1) is 17.2 Å². The van der Waals surface area contributed by atoms with Crippen molar-refractivity contribution >= 4 is 47.1 Å². The number of guanidine groups is 1. The summed E-state index contributed by atoms with van der Waals surface area (Å²) in [6.07, 6.45) is 2.54. The normalized spacial score (nSPS) is 17.2. The molecule has 1 atom stereocenters. The Balaban J connectivity index is 0.00000243. The second-order valence-corrected chi connectivity index (χ2v) is 7.34. The zero-order chi connectivity index (χ0) is 17.8. The van der Waals surface area contributed by atoms with Gasteiger partial charge in [0.15, 0.2) is 17.6 Å². The van der Waals surface area contributed by atoms with E-state index in [1.165, 1.54) is 10.9 Å². The molecule has 142 valence electrons. The van der Waals surface area contributed by atoms with E-state index in [1.54, 1.807) is 30.6 Å². The van der Waals surface area contributed by atoms with Crippen molar-refractivity contribution in [3.63, 3.8) is 0 Å². The molecule has 2 N–H and O–H groups in total. The molecule has 1 unspecified atom stereocenters. The third-order valence-electron chi connectivity index (χ3n) is 4.21. The van der Waals surface area contributed by atoms with E-state index in [0.29, 0.717) is 18.9 Å². The van der Waals surface area contributed by atoms with E-state index in [-0.39, 0.29) is 35.8 Å². The number of aliphatic imine (C=N–C) groups is 1. The second kappa shape index (κ2) is 9.45. The Morgan fingerprint density at radius 3 is 2.92 bits per heavy atom. The third-order valence-corrected chi connectivity index (χ3v) is 5.28. The van der Waals surface area contributed by atoms with Gasteiger partial charge < -0.3 is 15.5 Å². The predicted octanol–water partition coefficient (Wildman–Crippen LogP) is 2.86. The van der Waals surface area contributed by atoms with Gasteiger partial charge in [-0.15, -0.1) is 35.3 Å². The summed E-state index contributed by atoms with van der Waals surface area (Å²) in [6, 6.07) is 3.26. The van der Waals surface area contributed by atoms with Gasteiger partial charge >= 0.3 is 0 Å². The molecule has 3 heterocycles. The van der Waals surface area contributed by atoms with Gasteiger partial charge in [0, 0.05) is 37.3 Å². The Hall–Kier alpha value is -1.49.